The molecule has 2 heterocycles. The Balaban J connectivity index is 1.36. The molecule has 1 aliphatic heterocycles. The second kappa shape index (κ2) is 9.02. The Labute approximate surface area is 202 Å². The molecule has 8 heteroatoms. The first-order chi connectivity index (χ1) is 16.5. The molecule has 2 aromatic carbocycles. The van der Waals surface area contributed by atoms with E-state index in [4.69, 9.17) is 14.2 Å². The van der Waals surface area contributed by atoms with Crippen molar-refractivity contribution in [3.63, 3.8) is 0 Å². The number of thiophene rings is 1. The zero-order valence-corrected chi connectivity index (χ0v) is 20.1. The normalized spacial score (nSPS) is 18.7. The van der Waals surface area contributed by atoms with Crippen LogP contribution in [0.3, 0.4) is 0 Å². The van der Waals surface area contributed by atoms with Crippen LogP contribution in [0.25, 0.3) is 0 Å². The molecule has 5 rings (SSSR count). The van der Waals surface area contributed by atoms with Crippen molar-refractivity contribution in [1.29, 1.82) is 0 Å². The molecule has 1 aliphatic carbocycles. The predicted molar refractivity (Wildman–Crippen MR) is 130 cm³/mol. The number of esters is 1. The number of nitrogens with one attached hydrogen (secondary N) is 2. The fraction of sp³-hybridized carbons (Fsp3) is 0.308. The summed E-state index contributed by atoms with van der Waals surface area (Å²) in [7, 11) is 3.08. The van der Waals surface area contributed by atoms with Crippen LogP contribution >= 0.6 is 11.3 Å². The van der Waals surface area contributed by atoms with Crippen molar-refractivity contribution in [3.8, 4) is 17.2 Å². The molecule has 1 aromatic heterocycles. The minimum Gasteiger partial charge on any atom is -0.497 e. The summed E-state index contributed by atoms with van der Waals surface area (Å²) in [5.41, 5.74) is 3.19. The van der Waals surface area contributed by atoms with E-state index in [1.807, 2.05) is 6.07 Å². The molecule has 0 unspecified atom stereocenters. The molecule has 0 spiro atoms. The second-order valence-electron chi connectivity index (χ2n) is 8.64. The Morgan fingerprint density at radius 1 is 1.03 bits per heavy atom. The van der Waals surface area contributed by atoms with E-state index in [1.54, 1.807) is 54.8 Å². The van der Waals surface area contributed by atoms with Gasteiger partial charge in [-0.05, 0) is 72.7 Å². The summed E-state index contributed by atoms with van der Waals surface area (Å²) < 4.78 is 16.2. The van der Waals surface area contributed by atoms with Gasteiger partial charge in [0.25, 0.3) is 5.91 Å². The molecule has 0 fully saturated rings. The van der Waals surface area contributed by atoms with Crippen LogP contribution in [-0.4, -0.2) is 26.1 Å². The molecular weight excluding hydrogens is 452 g/mol. The van der Waals surface area contributed by atoms with Crippen LogP contribution in [0.4, 0.5) is 5.00 Å². The van der Waals surface area contributed by atoms with Crippen molar-refractivity contribution < 1.29 is 23.8 Å². The highest BCUT2D eigenvalue weighted by Gasteiger charge is 2.33. The first-order valence-electron chi connectivity index (χ1n) is 11.2. The number of rotatable bonds is 5. The van der Waals surface area contributed by atoms with Crippen molar-refractivity contribution in [3.05, 3.63) is 69.6 Å². The van der Waals surface area contributed by atoms with Gasteiger partial charge < -0.3 is 24.8 Å². The third-order valence-electron chi connectivity index (χ3n) is 6.34. The van der Waals surface area contributed by atoms with Crippen LogP contribution in [0.15, 0.2) is 42.5 Å². The van der Waals surface area contributed by atoms with Crippen molar-refractivity contribution in [2.45, 2.75) is 32.4 Å². The van der Waals surface area contributed by atoms with E-state index in [-0.39, 0.29) is 5.91 Å². The smallest absolute Gasteiger partial charge is 0.343 e. The number of anilines is 1. The van der Waals surface area contributed by atoms with E-state index in [2.05, 4.69) is 17.6 Å². The molecule has 7 nitrogen and oxygen atoms in total. The zero-order valence-electron chi connectivity index (χ0n) is 19.3. The van der Waals surface area contributed by atoms with Gasteiger partial charge in [0.1, 0.15) is 16.9 Å². The zero-order chi connectivity index (χ0) is 23.8. The average molecular weight is 479 g/mol. The topological polar surface area (TPSA) is 85.9 Å². The monoisotopic (exact) mass is 478 g/mol. The summed E-state index contributed by atoms with van der Waals surface area (Å²) in [6, 6.07) is 12.0. The fourth-order valence-corrected chi connectivity index (χ4v) is 5.90. The highest BCUT2D eigenvalue weighted by Crippen LogP contribution is 2.43. The molecule has 0 saturated carbocycles. The number of hydrogen-bond donors (Lipinski definition) is 2. The van der Waals surface area contributed by atoms with E-state index in [0.29, 0.717) is 28.7 Å². The van der Waals surface area contributed by atoms with Crippen LogP contribution < -0.4 is 24.8 Å². The van der Waals surface area contributed by atoms with Crippen LogP contribution in [-0.2, 0) is 12.8 Å². The minimum absolute atomic E-state index is 0.0558. The van der Waals surface area contributed by atoms with E-state index in [1.165, 1.54) is 17.6 Å². The average Bonchev–Trinajstić information content (AvgIpc) is 3.22. The lowest BCUT2D eigenvalue weighted by Gasteiger charge is -2.27. The summed E-state index contributed by atoms with van der Waals surface area (Å²) in [5.74, 6) is 1.45. The summed E-state index contributed by atoms with van der Waals surface area (Å²) in [6.07, 6.45) is 2.68. The van der Waals surface area contributed by atoms with Gasteiger partial charge in [-0.2, -0.15) is 0 Å². The van der Waals surface area contributed by atoms with E-state index in [9.17, 15) is 9.59 Å². The maximum absolute atomic E-state index is 13.0. The number of amides is 1. The number of methoxy groups -OCH3 is 2. The predicted octanol–water partition coefficient (Wildman–Crippen LogP) is 4.96. The Kier molecular flexibility index (Phi) is 5.91. The molecule has 176 valence electrons. The van der Waals surface area contributed by atoms with Gasteiger partial charge in [0.2, 0.25) is 0 Å². The van der Waals surface area contributed by atoms with E-state index >= 15 is 0 Å². The molecule has 3 aromatic rings. The first-order valence-corrected chi connectivity index (χ1v) is 12.0. The fourth-order valence-electron chi connectivity index (χ4n) is 4.46. The van der Waals surface area contributed by atoms with Gasteiger partial charge >= 0.3 is 5.97 Å². The molecule has 0 bridgehead atoms. The summed E-state index contributed by atoms with van der Waals surface area (Å²) in [5, 5.41) is 7.46. The number of ether oxygens (including phenoxy) is 3. The van der Waals surface area contributed by atoms with E-state index < -0.39 is 12.1 Å². The van der Waals surface area contributed by atoms with E-state index in [0.717, 1.165) is 35.4 Å². The summed E-state index contributed by atoms with van der Waals surface area (Å²) >= 11 is 1.68. The molecule has 0 saturated heterocycles. The summed E-state index contributed by atoms with van der Waals surface area (Å²) in [6.45, 7) is 2.26. The third kappa shape index (κ3) is 4.09. The molecule has 2 N–H and O–H groups in total. The molecule has 2 aliphatic rings. The van der Waals surface area contributed by atoms with Gasteiger partial charge in [0.05, 0.1) is 25.3 Å². The van der Waals surface area contributed by atoms with Gasteiger partial charge in [-0.3, -0.25) is 4.79 Å². The van der Waals surface area contributed by atoms with Gasteiger partial charge in [-0.25, -0.2) is 4.79 Å². The van der Waals surface area contributed by atoms with Crippen LogP contribution in [0.1, 0.15) is 56.2 Å². The number of hydrogen-bond acceptors (Lipinski definition) is 7. The van der Waals surface area contributed by atoms with Crippen molar-refractivity contribution in [2.75, 3.05) is 19.5 Å². The lowest BCUT2D eigenvalue weighted by molar-refractivity contribution is 0.0729. The Morgan fingerprint density at radius 3 is 2.56 bits per heavy atom. The third-order valence-corrected chi connectivity index (χ3v) is 7.52. The van der Waals surface area contributed by atoms with Gasteiger partial charge in [0.15, 0.2) is 11.5 Å². The Bertz CT molecular complexity index is 1250. The number of carbonyl (C=O) groups is 2. The van der Waals surface area contributed by atoms with Gasteiger partial charge in [0, 0.05) is 4.88 Å². The lowest BCUT2D eigenvalue weighted by Crippen LogP contribution is -2.38. The molecule has 1 amide bonds. The highest BCUT2D eigenvalue weighted by molar-refractivity contribution is 7.16. The van der Waals surface area contributed by atoms with Crippen molar-refractivity contribution >= 4 is 28.2 Å². The largest absolute Gasteiger partial charge is 0.497 e. The molecule has 34 heavy (non-hydrogen) atoms. The quantitative estimate of drug-likeness (QED) is 0.398. The number of carbonyl (C=O) groups excluding carboxylic acids is 2. The first kappa shape index (κ1) is 22.3. The van der Waals surface area contributed by atoms with Crippen LogP contribution in [0.5, 0.6) is 17.2 Å². The van der Waals surface area contributed by atoms with Crippen molar-refractivity contribution in [2.24, 2.45) is 5.92 Å². The number of benzene rings is 2. The standard InChI is InChI=1S/C26H26N2O5S/c1-14-4-10-18-21(12-14)34-25-22(18)24(29)27-23(28-25)16-7-11-19(20(13-16)32-3)33-26(30)15-5-8-17(31-2)9-6-15/h5-9,11,13-14,23,28H,4,10,12H2,1-3H3,(H,27,29)/t14-,23+/m0/s1. The Hall–Kier alpha value is -3.52. The molecule has 2 atom stereocenters. The maximum atomic E-state index is 13.0. The Morgan fingerprint density at radius 2 is 1.82 bits per heavy atom. The summed E-state index contributed by atoms with van der Waals surface area (Å²) in [4.78, 5) is 26.9. The molecular formula is C26H26N2O5S. The SMILES string of the molecule is COc1ccc(C(=O)Oc2ccc([C@@H]3NC(=O)c4c(sc5c4CC[C@H](C)C5)N3)cc2OC)cc1. The van der Waals surface area contributed by atoms with Gasteiger partial charge in [-0.1, -0.05) is 13.0 Å². The van der Waals surface area contributed by atoms with Crippen molar-refractivity contribution in [1.82, 2.24) is 5.32 Å². The minimum atomic E-state index is -0.499. The van der Waals surface area contributed by atoms with Gasteiger partial charge in [-0.15, -0.1) is 11.3 Å². The second-order valence-corrected chi connectivity index (χ2v) is 9.74. The maximum Gasteiger partial charge on any atom is 0.343 e. The van der Waals surface area contributed by atoms with Crippen LogP contribution in [0, 0.1) is 5.92 Å². The lowest BCUT2D eigenvalue weighted by atomic mass is 9.88. The number of fused-ring (bicyclic) bond motifs is 3. The molecule has 0 radical (unpaired) electrons. The van der Waals surface area contributed by atoms with Crippen LogP contribution in [0.2, 0.25) is 0 Å². The highest BCUT2D eigenvalue weighted by atomic mass is 32.1.